The average molecular weight is 244 g/mol. The summed E-state index contributed by atoms with van der Waals surface area (Å²) in [6.45, 7) is 1.95. The summed E-state index contributed by atoms with van der Waals surface area (Å²) in [7, 11) is 0. The van der Waals surface area contributed by atoms with E-state index in [4.69, 9.17) is 0 Å². The van der Waals surface area contributed by atoms with Crippen LogP contribution in [0, 0.1) is 0 Å². The van der Waals surface area contributed by atoms with Crippen LogP contribution < -0.4 is 10.6 Å². The lowest BCUT2D eigenvalue weighted by molar-refractivity contribution is 0.0931. The van der Waals surface area contributed by atoms with E-state index in [1.165, 1.54) is 0 Å². The molecule has 1 amide bonds. The lowest BCUT2D eigenvalue weighted by atomic mass is 10.0. The summed E-state index contributed by atoms with van der Waals surface area (Å²) in [5, 5.41) is 14.1. The number of amides is 1. The largest absolute Gasteiger partial charge is 0.349 e. The normalized spacial score (nSPS) is 16.9. The monoisotopic (exact) mass is 244 g/mol. The number of nitrogens with zero attached hydrogens (tertiary/aromatic N) is 1. The highest BCUT2D eigenvalue weighted by atomic mass is 16.1. The first-order valence-electron chi connectivity index (χ1n) is 6.28. The van der Waals surface area contributed by atoms with Gasteiger partial charge < -0.3 is 10.6 Å². The zero-order chi connectivity index (χ0) is 12.4. The van der Waals surface area contributed by atoms with Gasteiger partial charge >= 0.3 is 0 Å². The molecule has 0 bridgehead atoms. The minimum absolute atomic E-state index is 0.00565. The van der Waals surface area contributed by atoms with Crippen molar-refractivity contribution in [3.05, 3.63) is 30.0 Å². The molecule has 3 N–H and O–H groups in total. The van der Waals surface area contributed by atoms with Gasteiger partial charge in [-0.05, 0) is 38.1 Å². The van der Waals surface area contributed by atoms with Crippen LogP contribution in [0.15, 0.2) is 24.4 Å². The topological polar surface area (TPSA) is 69.8 Å². The Bertz CT molecular complexity index is 557. The third kappa shape index (κ3) is 2.09. The average Bonchev–Trinajstić information content (AvgIpc) is 2.87. The Morgan fingerprint density at radius 1 is 1.33 bits per heavy atom. The number of aromatic amines is 1. The zero-order valence-corrected chi connectivity index (χ0v) is 10.1. The van der Waals surface area contributed by atoms with Crippen molar-refractivity contribution in [2.75, 3.05) is 13.1 Å². The first-order valence-corrected chi connectivity index (χ1v) is 6.28. The quantitative estimate of drug-likeness (QED) is 0.739. The molecule has 5 nitrogen and oxygen atoms in total. The molecule has 18 heavy (non-hydrogen) atoms. The fourth-order valence-corrected chi connectivity index (χ4v) is 2.40. The molecule has 1 aliphatic heterocycles. The molecule has 0 radical (unpaired) electrons. The summed E-state index contributed by atoms with van der Waals surface area (Å²) in [6, 6.07) is 5.91. The van der Waals surface area contributed by atoms with Crippen molar-refractivity contribution in [3.8, 4) is 0 Å². The third-order valence-corrected chi connectivity index (χ3v) is 3.40. The summed E-state index contributed by atoms with van der Waals surface area (Å²) in [5.41, 5.74) is 1.59. The predicted octanol–water partition coefficient (Wildman–Crippen LogP) is 1.04. The number of carbonyl (C=O) groups excluding carboxylic acids is 1. The van der Waals surface area contributed by atoms with E-state index in [-0.39, 0.29) is 11.9 Å². The number of nitrogens with one attached hydrogen (secondary N) is 3. The minimum Gasteiger partial charge on any atom is -0.349 e. The molecule has 2 aromatic rings. The number of aromatic nitrogens is 2. The molecule has 1 fully saturated rings. The van der Waals surface area contributed by atoms with Crippen molar-refractivity contribution in [2.24, 2.45) is 0 Å². The summed E-state index contributed by atoms with van der Waals surface area (Å²) in [6.07, 6.45) is 3.69. The van der Waals surface area contributed by atoms with Gasteiger partial charge in [-0.15, -0.1) is 0 Å². The van der Waals surface area contributed by atoms with Crippen LogP contribution in [0.2, 0.25) is 0 Å². The Kier molecular flexibility index (Phi) is 2.98. The Labute approximate surface area is 105 Å². The van der Waals surface area contributed by atoms with Crippen molar-refractivity contribution in [2.45, 2.75) is 18.9 Å². The molecule has 94 valence electrons. The molecule has 5 heteroatoms. The van der Waals surface area contributed by atoms with E-state index in [9.17, 15) is 4.79 Å². The lowest BCUT2D eigenvalue weighted by Crippen LogP contribution is -2.42. The van der Waals surface area contributed by atoms with E-state index in [0.717, 1.165) is 36.8 Å². The Balaban J connectivity index is 1.81. The van der Waals surface area contributed by atoms with Gasteiger partial charge in [-0.25, -0.2) is 0 Å². The van der Waals surface area contributed by atoms with Crippen molar-refractivity contribution in [1.29, 1.82) is 0 Å². The highest BCUT2D eigenvalue weighted by Gasteiger charge is 2.17. The van der Waals surface area contributed by atoms with E-state index >= 15 is 0 Å². The van der Waals surface area contributed by atoms with Gasteiger partial charge in [0.2, 0.25) is 0 Å². The maximum atomic E-state index is 12.3. The number of rotatable bonds is 2. The smallest absolute Gasteiger partial charge is 0.252 e. The van der Waals surface area contributed by atoms with E-state index < -0.39 is 0 Å². The highest BCUT2D eigenvalue weighted by molar-refractivity contribution is 6.06. The van der Waals surface area contributed by atoms with Gasteiger partial charge in [0.15, 0.2) is 0 Å². The summed E-state index contributed by atoms with van der Waals surface area (Å²) < 4.78 is 0. The molecule has 0 spiro atoms. The van der Waals surface area contributed by atoms with Crippen molar-refractivity contribution in [3.63, 3.8) is 0 Å². The van der Waals surface area contributed by atoms with Gasteiger partial charge in [0.25, 0.3) is 5.91 Å². The van der Waals surface area contributed by atoms with Gasteiger partial charge in [0.1, 0.15) is 0 Å². The van der Waals surface area contributed by atoms with E-state index in [1.807, 2.05) is 18.2 Å². The molecule has 3 rings (SSSR count). The van der Waals surface area contributed by atoms with Crippen LogP contribution in [0.4, 0.5) is 0 Å². The number of H-pyrrole nitrogens is 1. The molecular weight excluding hydrogens is 228 g/mol. The number of hydrogen-bond donors (Lipinski definition) is 3. The minimum atomic E-state index is -0.00565. The van der Waals surface area contributed by atoms with Gasteiger partial charge in [-0.1, -0.05) is 6.07 Å². The molecule has 1 aliphatic rings. The van der Waals surface area contributed by atoms with Crippen molar-refractivity contribution in [1.82, 2.24) is 20.8 Å². The van der Waals surface area contributed by atoms with Gasteiger partial charge in [-0.3, -0.25) is 9.89 Å². The molecule has 0 atom stereocenters. The Morgan fingerprint density at radius 3 is 3.00 bits per heavy atom. The SMILES string of the molecule is O=C(NC1CCNCC1)c1cccc2[nH]ncc12. The van der Waals surface area contributed by atoms with Crippen molar-refractivity contribution < 1.29 is 4.79 Å². The lowest BCUT2D eigenvalue weighted by Gasteiger charge is -2.23. The highest BCUT2D eigenvalue weighted by Crippen LogP contribution is 2.16. The first kappa shape index (κ1) is 11.2. The van der Waals surface area contributed by atoms with Crippen LogP contribution in [0.5, 0.6) is 0 Å². The van der Waals surface area contributed by atoms with Crippen LogP contribution in [0.25, 0.3) is 10.9 Å². The second kappa shape index (κ2) is 4.78. The molecule has 0 saturated carbocycles. The van der Waals surface area contributed by atoms with Gasteiger partial charge in [-0.2, -0.15) is 5.10 Å². The standard InChI is InChI=1S/C13H16N4O/c18-13(16-9-4-6-14-7-5-9)10-2-1-3-12-11(10)8-15-17-12/h1-3,8-9,14H,4-7H2,(H,15,17)(H,16,18). The molecule has 1 aromatic heterocycles. The summed E-state index contributed by atoms with van der Waals surface area (Å²) in [5.74, 6) is -0.00565. The number of carbonyl (C=O) groups is 1. The van der Waals surface area contributed by atoms with Crippen molar-refractivity contribution >= 4 is 16.8 Å². The first-order chi connectivity index (χ1) is 8.84. The molecule has 0 aliphatic carbocycles. The Hall–Kier alpha value is -1.88. The second-order valence-electron chi connectivity index (χ2n) is 4.63. The van der Waals surface area contributed by atoms with Gasteiger partial charge in [0.05, 0.1) is 17.3 Å². The van der Waals surface area contributed by atoms with E-state index in [0.29, 0.717) is 5.56 Å². The number of benzene rings is 1. The van der Waals surface area contributed by atoms with E-state index in [2.05, 4.69) is 20.8 Å². The maximum Gasteiger partial charge on any atom is 0.252 e. The Morgan fingerprint density at radius 2 is 2.17 bits per heavy atom. The number of hydrogen-bond acceptors (Lipinski definition) is 3. The van der Waals surface area contributed by atoms with E-state index in [1.54, 1.807) is 6.20 Å². The molecule has 2 heterocycles. The van der Waals surface area contributed by atoms with Crippen LogP contribution >= 0.6 is 0 Å². The molecule has 1 aromatic carbocycles. The van der Waals surface area contributed by atoms with Crippen LogP contribution in [0.1, 0.15) is 23.2 Å². The second-order valence-corrected chi connectivity index (χ2v) is 4.63. The van der Waals surface area contributed by atoms with Gasteiger partial charge in [0, 0.05) is 11.4 Å². The fourth-order valence-electron chi connectivity index (χ4n) is 2.40. The third-order valence-electron chi connectivity index (χ3n) is 3.40. The van der Waals surface area contributed by atoms with Crippen LogP contribution in [-0.4, -0.2) is 35.2 Å². The number of piperidine rings is 1. The zero-order valence-electron chi connectivity index (χ0n) is 10.1. The molecule has 1 saturated heterocycles. The van der Waals surface area contributed by atoms with Crippen LogP contribution in [-0.2, 0) is 0 Å². The molecular formula is C13H16N4O. The number of fused-ring (bicyclic) bond motifs is 1. The summed E-state index contributed by atoms with van der Waals surface area (Å²) >= 11 is 0. The predicted molar refractivity (Wildman–Crippen MR) is 69.5 cm³/mol. The molecule has 0 unspecified atom stereocenters. The maximum absolute atomic E-state index is 12.3. The van der Waals surface area contributed by atoms with Crippen LogP contribution in [0.3, 0.4) is 0 Å². The summed E-state index contributed by atoms with van der Waals surface area (Å²) in [4.78, 5) is 12.3. The fraction of sp³-hybridized carbons (Fsp3) is 0.385.